The molecule has 2 aromatic carbocycles. The van der Waals surface area contributed by atoms with Crippen LogP contribution in [0.1, 0.15) is 35.3 Å². The van der Waals surface area contributed by atoms with E-state index in [-0.39, 0.29) is 10.8 Å². The van der Waals surface area contributed by atoms with Gasteiger partial charge in [-0.1, -0.05) is 38.1 Å². The summed E-state index contributed by atoms with van der Waals surface area (Å²) in [6.45, 7) is 5.49. The van der Waals surface area contributed by atoms with Gasteiger partial charge in [0.2, 0.25) is 10.0 Å². The van der Waals surface area contributed by atoms with E-state index in [4.69, 9.17) is 4.74 Å². The fourth-order valence-corrected chi connectivity index (χ4v) is 4.78. The number of aryl methyl sites for hydroxylation is 2. The van der Waals surface area contributed by atoms with E-state index in [1.54, 1.807) is 12.1 Å². The quantitative estimate of drug-likeness (QED) is 0.806. The summed E-state index contributed by atoms with van der Waals surface area (Å²) in [7, 11) is -3.64. The van der Waals surface area contributed by atoms with Crippen LogP contribution in [0.2, 0.25) is 0 Å². The predicted octanol–water partition coefficient (Wildman–Crippen LogP) is 3.08. The Morgan fingerprint density at radius 2 is 1.64 bits per heavy atom. The number of nitrogens with one attached hydrogen (secondary N) is 1. The molecule has 1 aliphatic heterocycles. The average molecular weight is 403 g/mol. The van der Waals surface area contributed by atoms with E-state index >= 15 is 0 Å². The number of carbonyl (C=O) groups is 1. The highest BCUT2D eigenvalue weighted by Crippen LogP contribution is 2.24. The van der Waals surface area contributed by atoms with Crippen molar-refractivity contribution in [3.8, 4) is 0 Å². The van der Waals surface area contributed by atoms with E-state index in [0.29, 0.717) is 31.9 Å². The lowest BCUT2D eigenvalue weighted by atomic mass is 10.0. The highest BCUT2D eigenvalue weighted by atomic mass is 32.2. The van der Waals surface area contributed by atoms with Crippen molar-refractivity contribution >= 4 is 21.6 Å². The van der Waals surface area contributed by atoms with Gasteiger partial charge in [-0.25, -0.2) is 8.42 Å². The van der Waals surface area contributed by atoms with E-state index in [0.717, 1.165) is 29.7 Å². The summed E-state index contributed by atoms with van der Waals surface area (Å²) >= 11 is 0. The molecule has 0 bridgehead atoms. The molecule has 1 saturated heterocycles. The van der Waals surface area contributed by atoms with E-state index in [2.05, 4.69) is 5.32 Å². The molecular weight excluding hydrogens is 376 g/mol. The summed E-state index contributed by atoms with van der Waals surface area (Å²) in [6.07, 6.45) is 1.60. The maximum atomic E-state index is 12.9. The molecule has 7 heteroatoms. The number of sulfonamides is 1. The zero-order valence-corrected chi connectivity index (χ0v) is 17.1. The van der Waals surface area contributed by atoms with Crippen LogP contribution >= 0.6 is 0 Å². The van der Waals surface area contributed by atoms with Crippen LogP contribution in [0.15, 0.2) is 47.4 Å². The van der Waals surface area contributed by atoms with Crippen LogP contribution in [-0.4, -0.2) is 44.9 Å². The highest BCUT2D eigenvalue weighted by molar-refractivity contribution is 7.89. The van der Waals surface area contributed by atoms with Crippen LogP contribution in [0.25, 0.3) is 0 Å². The smallest absolute Gasteiger partial charge is 0.255 e. The first kappa shape index (κ1) is 20.5. The molecule has 3 rings (SSSR count). The van der Waals surface area contributed by atoms with Crippen molar-refractivity contribution in [2.45, 2.75) is 31.6 Å². The summed E-state index contributed by atoms with van der Waals surface area (Å²) in [6, 6.07) is 12.2. The number of benzene rings is 2. The highest BCUT2D eigenvalue weighted by Gasteiger charge is 2.27. The Bertz CT molecular complexity index is 928. The van der Waals surface area contributed by atoms with Crippen molar-refractivity contribution in [1.29, 1.82) is 0 Å². The van der Waals surface area contributed by atoms with Crippen molar-refractivity contribution in [2.24, 2.45) is 0 Å². The van der Waals surface area contributed by atoms with Crippen LogP contribution < -0.4 is 5.32 Å². The van der Waals surface area contributed by atoms with Gasteiger partial charge in [-0.3, -0.25) is 4.79 Å². The molecule has 1 aliphatic rings. The molecule has 1 heterocycles. The minimum Gasteiger partial charge on any atom is -0.379 e. The molecular formula is C21H26N2O4S. The molecule has 28 heavy (non-hydrogen) atoms. The van der Waals surface area contributed by atoms with Gasteiger partial charge in [-0.05, 0) is 42.2 Å². The van der Waals surface area contributed by atoms with E-state index in [1.807, 2.05) is 32.0 Å². The lowest BCUT2D eigenvalue weighted by molar-refractivity contribution is 0.0730. The SMILES string of the molecule is CCc1cccc(CC)c1NC(=O)c1cccc(S(=O)(=O)N2CCOCC2)c1. The number of amides is 1. The second-order valence-electron chi connectivity index (χ2n) is 6.66. The Morgan fingerprint density at radius 3 is 2.25 bits per heavy atom. The monoisotopic (exact) mass is 402 g/mol. The van der Waals surface area contributed by atoms with Gasteiger partial charge < -0.3 is 10.1 Å². The number of anilines is 1. The zero-order valence-electron chi connectivity index (χ0n) is 16.3. The van der Waals surface area contributed by atoms with Crippen LogP contribution in [0.3, 0.4) is 0 Å². The molecule has 0 aromatic heterocycles. The Hall–Kier alpha value is -2.22. The Kier molecular flexibility index (Phi) is 6.49. The van der Waals surface area contributed by atoms with Crippen LogP contribution in [-0.2, 0) is 27.6 Å². The van der Waals surface area contributed by atoms with E-state index in [1.165, 1.54) is 16.4 Å². The van der Waals surface area contributed by atoms with Gasteiger partial charge in [-0.2, -0.15) is 4.31 Å². The summed E-state index contributed by atoms with van der Waals surface area (Å²) in [5, 5.41) is 2.99. The molecule has 0 atom stereocenters. The molecule has 0 radical (unpaired) electrons. The number of ether oxygens (including phenoxy) is 1. The molecule has 0 unspecified atom stereocenters. The third-order valence-electron chi connectivity index (χ3n) is 4.94. The maximum Gasteiger partial charge on any atom is 0.255 e. The normalized spacial score (nSPS) is 15.4. The second-order valence-corrected chi connectivity index (χ2v) is 8.59. The molecule has 1 fully saturated rings. The number of hydrogen-bond acceptors (Lipinski definition) is 4. The third kappa shape index (κ3) is 4.27. The Morgan fingerprint density at radius 1 is 1.04 bits per heavy atom. The summed E-state index contributed by atoms with van der Waals surface area (Å²) in [5.74, 6) is -0.311. The first-order valence-electron chi connectivity index (χ1n) is 9.57. The van der Waals surface area contributed by atoms with Crippen molar-refractivity contribution in [1.82, 2.24) is 4.31 Å². The number of nitrogens with zero attached hydrogens (tertiary/aromatic N) is 1. The van der Waals surface area contributed by atoms with Crippen molar-refractivity contribution < 1.29 is 17.9 Å². The predicted molar refractivity (Wildman–Crippen MR) is 109 cm³/mol. The number of para-hydroxylation sites is 1. The average Bonchev–Trinajstić information content (AvgIpc) is 2.74. The molecule has 0 saturated carbocycles. The lowest BCUT2D eigenvalue weighted by Crippen LogP contribution is -2.40. The second kappa shape index (κ2) is 8.86. The Balaban J connectivity index is 1.88. The van der Waals surface area contributed by atoms with Gasteiger partial charge in [0.1, 0.15) is 0 Å². The van der Waals surface area contributed by atoms with Gasteiger partial charge >= 0.3 is 0 Å². The summed E-state index contributed by atoms with van der Waals surface area (Å²) < 4.78 is 32.4. The lowest BCUT2D eigenvalue weighted by Gasteiger charge is -2.26. The number of carbonyl (C=O) groups excluding carboxylic acids is 1. The molecule has 0 aliphatic carbocycles. The maximum absolute atomic E-state index is 12.9. The van der Waals surface area contributed by atoms with Gasteiger partial charge in [-0.15, -0.1) is 0 Å². The number of hydrogen-bond donors (Lipinski definition) is 1. The molecule has 150 valence electrons. The minimum atomic E-state index is -3.64. The first-order chi connectivity index (χ1) is 13.5. The van der Waals surface area contributed by atoms with Gasteiger partial charge in [0.25, 0.3) is 5.91 Å². The van der Waals surface area contributed by atoms with Crippen molar-refractivity contribution in [3.05, 3.63) is 59.2 Å². The standard InChI is InChI=1S/C21H26N2O4S/c1-3-16-7-5-8-17(4-2)20(16)22-21(24)18-9-6-10-19(15-18)28(25,26)23-11-13-27-14-12-23/h5-10,15H,3-4,11-14H2,1-2H3,(H,22,24). The van der Waals surface area contributed by atoms with Crippen LogP contribution in [0.4, 0.5) is 5.69 Å². The molecule has 6 nitrogen and oxygen atoms in total. The molecule has 0 spiro atoms. The van der Waals surface area contributed by atoms with E-state index < -0.39 is 10.0 Å². The topological polar surface area (TPSA) is 75.7 Å². The summed E-state index contributed by atoms with van der Waals surface area (Å²) in [5.41, 5.74) is 3.26. The number of rotatable bonds is 6. The van der Waals surface area contributed by atoms with Gasteiger partial charge in [0.05, 0.1) is 18.1 Å². The summed E-state index contributed by atoms with van der Waals surface area (Å²) in [4.78, 5) is 13.0. The zero-order chi connectivity index (χ0) is 20.1. The van der Waals surface area contributed by atoms with Crippen LogP contribution in [0, 0.1) is 0 Å². The first-order valence-corrected chi connectivity index (χ1v) is 11.0. The van der Waals surface area contributed by atoms with Crippen molar-refractivity contribution in [2.75, 3.05) is 31.6 Å². The number of morpholine rings is 1. The van der Waals surface area contributed by atoms with Crippen molar-refractivity contribution in [3.63, 3.8) is 0 Å². The largest absolute Gasteiger partial charge is 0.379 e. The fourth-order valence-electron chi connectivity index (χ4n) is 3.32. The molecule has 1 amide bonds. The van der Waals surface area contributed by atoms with Gasteiger partial charge in [0, 0.05) is 24.3 Å². The van der Waals surface area contributed by atoms with Gasteiger partial charge in [0.15, 0.2) is 0 Å². The minimum absolute atomic E-state index is 0.126. The van der Waals surface area contributed by atoms with E-state index in [9.17, 15) is 13.2 Å². The third-order valence-corrected chi connectivity index (χ3v) is 6.84. The molecule has 2 aromatic rings. The fraction of sp³-hybridized carbons (Fsp3) is 0.381. The van der Waals surface area contributed by atoms with Crippen LogP contribution in [0.5, 0.6) is 0 Å². The molecule has 1 N–H and O–H groups in total. The Labute approximate surface area is 166 Å².